The van der Waals surface area contributed by atoms with Gasteiger partial charge in [0.2, 0.25) is 5.78 Å². The Hall–Kier alpha value is -3.61. The summed E-state index contributed by atoms with van der Waals surface area (Å²) in [6, 6.07) is 5.95. The van der Waals surface area contributed by atoms with E-state index in [1.807, 2.05) is 0 Å². The van der Waals surface area contributed by atoms with Gasteiger partial charge in [-0.1, -0.05) is 11.6 Å². The summed E-state index contributed by atoms with van der Waals surface area (Å²) in [6.45, 7) is 0. The molecule has 2 N–H and O–H groups in total. The largest absolute Gasteiger partial charge is 0.443 e. The zero-order valence-corrected chi connectivity index (χ0v) is 19.1. The fraction of sp³-hybridized carbons (Fsp3) is 0. The van der Waals surface area contributed by atoms with Gasteiger partial charge in [-0.2, -0.15) is 0 Å². The normalized spacial score (nSPS) is 11.7. The number of nitrogens with one attached hydrogen (secondary N) is 2. The second kappa shape index (κ2) is 8.31. The van der Waals surface area contributed by atoms with Crippen molar-refractivity contribution in [2.24, 2.45) is 0 Å². The van der Waals surface area contributed by atoms with Crippen LogP contribution < -0.4 is 4.72 Å². The number of halogens is 3. The minimum Gasteiger partial charge on any atom is -0.443 e. The van der Waals surface area contributed by atoms with Gasteiger partial charge in [0.05, 0.1) is 27.3 Å². The Kier molecular flexibility index (Phi) is 5.42. The number of fused-ring (bicyclic) bond motifs is 1. The molecule has 172 valence electrons. The number of thiophene rings is 1. The van der Waals surface area contributed by atoms with Crippen LogP contribution >= 0.6 is 22.9 Å². The Morgan fingerprint density at radius 3 is 2.76 bits per heavy atom. The summed E-state index contributed by atoms with van der Waals surface area (Å²) < 4.78 is 62.6. The third-order valence-electron chi connectivity index (χ3n) is 4.83. The highest BCUT2D eigenvalue weighted by Gasteiger charge is 2.27. The molecule has 0 bridgehead atoms. The fourth-order valence-corrected chi connectivity index (χ4v) is 5.75. The monoisotopic (exact) mass is 520 g/mol. The minimum absolute atomic E-state index is 0.0715. The van der Waals surface area contributed by atoms with Gasteiger partial charge in [-0.05, 0) is 30.3 Å². The standard InChI is InChI=1S/C21H11ClF2N4O4S2/c22-10-5-11-12(7-27-21(11)26-6-10)20(29)18-13(23)1-2-14(19(18)24)28-34(30,31)17-4-3-16(33-17)15-8-25-9-32-15/h1-9,28H,(H,26,27). The van der Waals surface area contributed by atoms with E-state index in [2.05, 4.69) is 19.7 Å². The molecule has 34 heavy (non-hydrogen) atoms. The van der Waals surface area contributed by atoms with Crippen LogP contribution in [-0.2, 0) is 10.0 Å². The van der Waals surface area contributed by atoms with Gasteiger partial charge >= 0.3 is 0 Å². The van der Waals surface area contributed by atoms with Crippen LogP contribution in [-0.4, -0.2) is 29.2 Å². The average molecular weight is 521 g/mol. The van der Waals surface area contributed by atoms with Crippen LogP contribution in [0, 0.1) is 11.6 Å². The maximum absolute atomic E-state index is 15.3. The van der Waals surface area contributed by atoms with Gasteiger partial charge in [0.25, 0.3) is 10.0 Å². The van der Waals surface area contributed by atoms with Crippen molar-refractivity contribution in [3.05, 3.63) is 83.1 Å². The molecule has 0 radical (unpaired) electrons. The first-order chi connectivity index (χ1) is 16.2. The first kappa shape index (κ1) is 22.2. The summed E-state index contributed by atoms with van der Waals surface area (Å²) in [4.78, 5) is 24.0. The zero-order valence-electron chi connectivity index (χ0n) is 16.7. The number of anilines is 1. The van der Waals surface area contributed by atoms with Crippen molar-refractivity contribution in [3.63, 3.8) is 0 Å². The van der Waals surface area contributed by atoms with Crippen molar-refractivity contribution >= 4 is 55.5 Å². The molecular weight excluding hydrogens is 510 g/mol. The lowest BCUT2D eigenvalue weighted by molar-refractivity contribution is 0.103. The number of aromatic nitrogens is 3. The van der Waals surface area contributed by atoms with Gasteiger partial charge in [-0.25, -0.2) is 27.2 Å². The van der Waals surface area contributed by atoms with Gasteiger partial charge in [-0.3, -0.25) is 9.52 Å². The highest BCUT2D eigenvalue weighted by atomic mass is 35.5. The molecule has 0 fully saturated rings. The Morgan fingerprint density at radius 1 is 1.18 bits per heavy atom. The molecule has 0 aliphatic heterocycles. The number of H-pyrrole nitrogens is 1. The molecule has 5 aromatic rings. The Morgan fingerprint density at radius 2 is 2.00 bits per heavy atom. The van der Waals surface area contributed by atoms with Crippen molar-refractivity contribution in [1.29, 1.82) is 0 Å². The number of carbonyl (C=O) groups excluding carboxylic acids is 1. The van der Waals surface area contributed by atoms with Crippen molar-refractivity contribution in [2.75, 3.05) is 4.72 Å². The summed E-state index contributed by atoms with van der Waals surface area (Å²) in [5, 5.41) is 0.491. The molecule has 8 nitrogen and oxygen atoms in total. The van der Waals surface area contributed by atoms with Gasteiger partial charge in [0.1, 0.15) is 15.7 Å². The van der Waals surface area contributed by atoms with Crippen molar-refractivity contribution in [3.8, 4) is 10.6 Å². The Balaban J connectivity index is 1.51. The van der Waals surface area contributed by atoms with E-state index < -0.39 is 38.7 Å². The van der Waals surface area contributed by atoms with E-state index in [-0.39, 0.29) is 20.2 Å². The molecule has 0 amide bonds. The van der Waals surface area contributed by atoms with Gasteiger partial charge in [0.15, 0.2) is 18.0 Å². The number of sulfonamides is 1. The molecule has 13 heteroatoms. The maximum atomic E-state index is 15.3. The third-order valence-corrected chi connectivity index (χ3v) is 7.99. The predicted octanol–water partition coefficient (Wildman–Crippen LogP) is 5.24. The number of benzene rings is 1. The number of oxazole rings is 1. The highest BCUT2D eigenvalue weighted by molar-refractivity contribution is 7.94. The van der Waals surface area contributed by atoms with E-state index in [9.17, 15) is 17.6 Å². The van der Waals surface area contributed by atoms with Crippen LogP contribution in [0.4, 0.5) is 14.5 Å². The first-order valence-electron chi connectivity index (χ1n) is 9.41. The molecular formula is C21H11ClF2N4O4S2. The van der Waals surface area contributed by atoms with E-state index in [1.54, 1.807) is 0 Å². The van der Waals surface area contributed by atoms with Crippen LogP contribution in [0.25, 0.3) is 21.7 Å². The molecule has 4 aromatic heterocycles. The van der Waals surface area contributed by atoms with E-state index in [0.717, 1.165) is 23.5 Å². The highest BCUT2D eigenvalue weighted by Crippen LogP contribution is 2.33. The first-order valence-corrected chi connectivity index (χ1v) is 12.1. The molecule has 0 atom stereocenters. The van der Waals surface area contributed by atoms with E-state index in [0.29, 0.717) is 16.3 Å². The second-order valence-electron chi connectivity index (χ2n) is 6.95. The van der Waals surface area contributed by atoms with Crippen LogP contribution in [0.15, 0.2) is 63.9 Å². The fourth-order valence-electron chi connectivity index (χ4n) is 3.27. The predicted molar refractivity (Wildman–Crippen MR) is 122 cm³/mol. The maximum Gasteiger partial charge on any atom is 0.271 e. The number of rotatable bonds is 6. The molecule has 0 unspecified atom stereocenters. The Bertz CT molecular complexity index is 1660. The van der Waals surface area contributed by atoms with Crippen molar-refractivity contribution < 1.29 is 26.4 Å². The topological polar surface area (TPSA) is 118 Å². The van der Waals surface area contributed by atoms with E-state index in [1.165, 1.54) is 43.2 Å². The quantitative estimate of drug-likeness (QED) is 0.295. The summed E-state index contributed by atoms with van der Waals surface area (Å²) in [5.74, 6) is -3.15. The number of pyridine rings is 1. The zero-order chi connectivity index (χ0) is 24.0. The van der Waals surface area contributed by atoms with Crippen LogP contribution in [0.2, 0.25) is 5.02 Å². The molecule has 5 rings (SSSR count). The summed E-state index contributed by atoms with van der Waals surface area (Å²) in [5.41, 5.74) is -1.28. The molecule has 0 aliphatic carbocycles. The number of nitrogens with zero attached hydrogens (tertiary/aromatic N) is 2. The lowest BCUT2D eigenvalue weighted by atomic mass is 10.0. The molecule has 1 aromatic carbocycles. The van der Waals surface area contributed by atoms with Crippen LogP contribution in [0.5, 0.6) is 0 Å². The number of carbonyl (C=O) groups is 1. The Labute approximate surface area is 199 Å². The minimum atomic E-state index is -4.26. The van der Waals surface area contributed by atoms with E-state index in [4.69, 9.17) is 16.0 Å². The average Bonchev–Trinajstić information content (AvgIpc) is 3.55. The summed E-state index contributed by atoms with van der Waals surface area (Å²) >= 11 is 6.80. The lowest BCUT2D eigenvalue weighted by Crippen LogP contribution is -2.15. The smallest absolute Gasteiger partial charge is 0.271 e. The number of ketones is 1. The molecule has 4 heterocycles. The number of aromatic amines is 1. The number of hydrogen-bond acceptors (Lipinski definition) is 7. The molecule has 0 saturated carbocycles. The molecule has 0 saturated heterocycles. The van der Waals surface area contributed by atoms with Crippen LogP contribution in [0.1, 0.15) is 15.9 Å². The SMILES string of the molecule is O=C(c1c(F)ccc(NS(=O)(=O)c2ccc(-c3cnco3)s2)c1F)c1c[nH]c2ncc(Cl)cc12. The van der Waals surface area contributed by atoms with Crippen LogP contribution in [0.3, 0.4) is 0 Å². The lowest BCUT2D eigenvalue weighted by Gasteiger charge is -2.11. The summed E-state index contributed by atoms with van der Waals surface area (Å²) in [7, 11) is -4.26. The number of hydrogen-bond donors (Lipinski definition) is 2. The summed E-state index contributed by atoms with van der Waals surface area (Å²) in [6.07, 6.45) is 5.22. The van der Waals surface area contributed by atoms with Gasteiger partial charge < -0.3 is 9.40 Å². The van der Waals surface area contributed by atoms with E-state index >= 15 is 4.39 Å². The molecule has 0 aliphatic rings. The third kappa shape index (κ3) is 3.85. The second-order valence-corrected chi connectivity index (χ2v) is 10.4. The van der Waals surface area contributed by atoms with Crippen molar-refractivity contribution in [2.45, 2.75) is 4.21 Å². The molecule has 0 spiro atoms. The van der Waals surface area contributed by atoms with Crippen molar-refractivity contribution in [1.82, 2.24) is 15.0 Å². The van der Waals surface area contributed by atoms with Gasteiger partial charge in [0, 0.05) is 23.3 Å². The van der Waals surface area contributed by atoms with Gasteiger partial charge in [-0.15, -0.1) is 11.3 Å².